The van der Waals surface area contributed by atoms with Crippen LogP contribution in [0.25, 0.3) is 0 Å². The summed E-state index contributed by atoms with van der Waals surface area (Å²) >= 11 is 9.34. The number of carboxylic acid groups (broad SMARTS) is 1. The number of likely N-dealkylation sites (tertiary alicyclic amines) is 1. The van der Waals surface area contributed by atoms with Gasteiger partial charge in [0.25, 0.3) is 0 Å². The molecule has 1 saturated heterocycles. The molecule has 1 aromatic rings. The van der Waals surface area contributed by atoms with Crippen LogP contribution in [-0.2, 0) is 4.79 Å². The van der Waals surface area contributed by atoms with E-state index in [0.717, 1.165) is 36.2 Å². The molecule has 1 aliphatic heterocycles. The Morgan fingerprint density at radius 1 is 1.48 bits per heavy atom. The first-order valence-corrected chi connectivity index (χ1v) is 8.33. The molecule has 0 aliphatic carbocycles. The Balaban J connectivity index is 2.12. The van der Waals surface area contributed by atoms with Crippen molar-refractivity contribution in [3.63, 3.8) is 0 Å². The zero-order chi connectivity index (χ0) is 15.5. The smallest absolute Gasteiger partial charge is 0.329 e. The maximum absolute atomic E-state index is 11.8. The third-order valence-corrected chi connectivity index (χ3v) is 5.18. The Kier molecular flexibility index (Phi) is 5.52. The van der Waals surface area contributed by atoms with Gasteiger partial charge in [0, 0.05) is 23.2 Å². The molecule has 0 unspecified atom stereocenters. The molecule has 2 N–H and O–H groups in total. The summed E-state index contributed by atoms with van der Waals surface area (Å²) in [5, 5.41) is 13.5. The fourth-order valence-corrected chi connectivity index (χ4v) is 3.21. The molecule has 0 amide bonds. The molecule has 1 fully saturated rings. The van der Waals surface area contributed by atoms with Crippen LogP contribution in [0.1, 0.15) is 26.2 Å². The van der Waals surface area contributed by atoms with Gasteiger partial charge in [0.15, 0.2) is 0 Å². The molecule has 21 heavy (non-hydrogen) atoms. The number of aliphatic carboxylic acids is 1. The van der Waals surface area contributed by atoms with Crippen molar-refractivity contribution in [2.75, 3.05) is 25.0 Å². The summed E-state index contributed by atoms with van der Waals surface area (Å²) in [6.45, 7) is 4.79. The molecule has 4 nitrogen and oxygen atoms in total. The first-order valence-electron chi connectivity index (χ1n) is 7.16. The Morgan fingerprint density at radius 3 is 2.67 bits per heavy atom. The van der Waals surface area contributed by atoms with Crippen LogP contribution in [0.5, 0.6) is 0 Å². The van der Waals surface area contributed by atoms with E-state index in [9.17, 15) is 9.90 Å². The summed E-state index contributed by atoms with van der Waals surface area (Å²) in [7, 11) is 0. The second kappa shape index (κ2) is 6.99. The summed E-state index contributed by atoms with van der Waals surface area (Å²) in [6, 6.07) is 5.40. The van der Waals surface area contributed by atoms with Crippen molar-refractivity contribution < 1.29 is 9.90 Å². The minimum Gasteiger partial charge on any atom is -0.480 e. The van der Waals surface area contributed by atoms with Crippen molar-refractivity contribution in [1.82, 2.24) is 4.90 Å². The molecule has 1 aliphatic rings. The van der Waals surface area contributed by atoms with Crippen LogP contribution in [0.2, 0.25) is 5.02 Å². The van der Waals surface area contributed by atoms with Gasteiger partial charge in [0.2, 0.25) is 0 Å². The Labute approximate surface area is 138 Å². The summed E-state index contributed by atoms with van der Waals surface area (Å²) in [6.07, 6.45) is 2.29. The number of rotatable bonds is 5. The lowest BCUT2D eigenvalue weighted by Crippen LogP contribution is -2.54. The quantitative estimate of drug-likeness (QED) is 0.821. The normalized spacial score (nSPS) is 18.4. The number of nitrogens with one attached hydrogen (secondary N) is 1. The van der Waals surface area contributed by atoms with Crippen LogP contribution >= 0.6 is 27.5 Å². The minimum atomic E-state index is -0.891. The lowest BCUT2D eigenvalue weighted by Gasteiger charge is -2.40. The van der Waals surface area contributed by atoms with E-state index in [1.807, 2.05) is 12.1 Å². The van der Waals surface area contributed by atoms with E-state index in [1.54, 1.807) is 6.07 Å². The molecular formula is C15H20BrClN2O2. The highest BCUT2D eigenvalue weighted by Gasteiger charge is 2.41. The Hall–Kier alpha value is -0.780. The van der Waals surface area contributed by atoms with Gasteiger partial charge in [0.1, 0.15) is 5.54 Å². The molecule has 6 heteroatoms. The van der Waals surface area contributed by atoms with E-state index in [-0.39, 0.29) is 0 Å². The number of hydrogen-bond donors (Lipinski definition) is 2. The molecule has 0 spiro atoms. The lowest BCUT2D eigenvalue weighted by atomic mass is 9.87. The molecule has 0 bridgehead atoms. The number of hydrogen-bond acceptors (Lipinski definition) is 3. The molecule has 2 rings (SSSR count). The van der Waals surface area contributed by atoms with Crippen molar-refractivity contribution in [2.45, 2.75) is 31.7 Å². The van der Waals surface area contributed by atoms with Gasteiger partial charge >= 0.3 is 5.97 Å². The predicted octanol–water partition coefficient (Wildman–Crippen LogP) is 3.84. The maximum Gasteiger partial charge on any atom is 0.329 e. The molecular weight excluding hydrogens is 356 g/mol. The van der Waals surface area contributed by atoms with Crippen molar-refractivity contribution in [1.29, 1.82) is 0 Å². The first-order chi connectivity index (χ1) is 9.97. The third kappa shape index (κ3) is 3.90. The first kappa shape index (κ1) is 16.6. The molecule has 1 heterocycles. The van der Waals surface area contributed by atoms with E-state index >= 15 is 0 Å². The minimum absolute atomic E-state index is 0.600. The summed E-state index contributed by atoms with van der Waals surface area (Å²) < 4.78 is 0.762. The highest BCUT2D eigenvalue weighted by atomic mass is 79.9. The van der Waals surface area contributed by atoms with E-state index < -0.39 is 11.5 Å². The number of benzene rings is 1. The van der Waals surface area contributed by atoms with Gasteiger partial charge < -0.3 is 15.3 Å². The van der Waals surface area contributed by atoms with E-state index in [4.69, 9.17) is 11.6 Å². The van der Waals surface area contributed by atoms with Crippen molar-refractivity contribution in [3.8, 4) is 0 Å². The van der Waals surface area contributed by atoms with Gasteiger partial charge in [-0.2, -0.15) is 0 Å². The summed E-state index contributed by atoms with van der Waals surface area (Å²) in [4.78, 5) is 14.1. The van der Waals surface area contributed by atoms with Crippen LogP contribution in [0.3, 0.4) is 0 Å². The fourth-order valence-electron chi connectivity index (χ4n) is 2.72. The van der Waals surface area contributed by atoms with Gasteiger partial charge in [-0.1, -0.05) is 18.5 Å². The largest absolute Gasteiger partial charge is 0.480 e. The maximum atomic E-state index is 11.8. The molecule has 1 aromatic carbocycles. The number of anilines is 1. The topological polar surface area (TPSA) is 52.6 Å². The van der Waals surface area contributed by atoms with Crippen molar-refractivity contribution >= 4 is 39.2 Å². The number of carbonyl (C=O) groups is 1. The van der Waals surface area contributed by atoms with Gasteiger partial charge in [-0.25, -0.2) is 4.79 Å². The summed E-state index contributed by atoms with van der Waals surface area (Å²) in [5.74, 6) is -0.787. The van der Waals surface area contributed by atoms with E-state index in [0.29, 0.717) is 17.9 Å². The van der Waals surface area contributed by atoms with Crippen molar-refractivity contribution in [3.05, 3.63) is 27.7 Å². The van der Waals surface area contributed by atoms with E-state index in [2.05, 4.69) is 33.1 Å². The zero-order valence-electron chi connectivity index (χ0n) is 12.0. The molecule has 0 aromatic heterocycles. The second-order valence-corrected chi connectivity index (χ2v) is 6.74. The standard InChI is InChI=1S/C15H20BrClN2O2/c1-2-7-19-8-5-15(6-9-19,14(20)21)18-11-3-4-13(17)12(16)10-11/h3-4,10,18H,2,5-9H2,1H3,(H,20,21). The zero-order valence-corrected chi connectivity index (χ0v) is 14.4. The van der Waals surface area contributed by atoms with Crippen molar-refractivity contribution in [2.24, 2.45) is 0 Å². The highest BCUT2D eigenvalue weighted by molar-refractivity contribution is 9.10. The van der Waals surface area contributed by atoms with Gasteiger partial charge in [-0.3, -0.25) is 0 Å². The van der Waals surface area contributed by atoms with Crippen LogP contribution in [0.4, 0.5) is 5.69 Å². The highest BCUT2D eigenvalue weighted by Crippen LogP contribution is 2.31. The Morgan fingerprint density at radius 2 is 2.14 bits per heavy atom. The number of carboxylic acids is 1. The SMILES string of the molecule is CCCN1CCC(Nc2ccc(Cl)c(Br)c2)(C(=O)O)CC1. The molecule has 0 radical (unpaired) electrons. The van der Waals surface area contributed by atoms with Crippen LogP contribution < -0.4 is 5.32 Å². The van der Waals surface area contributed by atoms with Crippen LogP contribution in [0, 0.1) is 0 Å². The van der Waals surface area contributed by atoms with Crippen LogP contribution in [-0.4, -0.2) is 41.1 Å². The lowest BCUT2D eigenvalue weighted by molar-refractivity contribution is -0.144. The third-order valence-electron chi connectivity index (χ3n) is 3.96. The fraction of sp³-hybridized carbons (Fsp3) is 0.533. The monoisotopic (exact) mass is 374 g/mol. The summed E-state index contributed by atoms with van der Waals surface area (Å²) in [5.41, 5.74) is -0.116. The molecule has 0 saturated carbocycles. The predicted molar refractivity (Wildman–Crippen MR) is 89.1 cm³/mol. The molecule has 0 atom stereocenters. The van der Waals surface area contributed by atoms with Gasteiger partial charge in [-0.05, 0) is 59.9 Å². The average Bonchev–Trinajstić information content (AvgIpc) is 2.45. The van der Waals surface area contributed by atoms with Gasteiger partial charge in [-0.15, -0.1) is 0 Å². The van der Waals surface area contributed by atoms with Gasteiger partial charge in [0.05, 0.1) is 5.02 Å². The second-order valence-electron chi connectivity index (χ2n) is 5.48. The molecule has 116 valence electrons. The average molecular weight is 376 g/mol. The van der Waals surface area contributed by atoms with E-state index in [1.165, 1.54) is 0 Å². The number of piperidine rings is 1. The van der Waals surface area contributed by atoms with Crippen LogP contribution in [0.15, 0.2) is 22.7 Å². The number of halogens is 2. The Bertz CT molecular complexity index is 516. The number of nitrogens with zero attached hydrogens (tertiary/aromatic N) is 1.